The summed E-state index contributed by atoms with van der Waals surface area (Å²) in [5, 5.41) is 21.9. The molecule has 2 aromatic heterocycles. The molecule has 2 N–H and O–H groups in total. The van der Waals surface area contributed by atoms with E-state index in [1.54, 1.807) is 12.3 Å². The highest BCUT2D eigenvalue weighted by Gasteiger charge is 2.10. The number of nitrogens with zero attached hydrogens (tertiary/aromatic N) is 4. The fraction of sp³-hybridized carbons (Fsp3) is 0.167. The Kier molecular flexibility index (Phi) is 3.80. The van der Waals surface area contributed by atoms with Gasteiger partial charge in [-0.2, -0.15) is 0 Å². The van der Waals surface area contributed by atoms with E-state index in [1.165, 1.54) is 5.57 Å². The number of hydrogen-bond acceptors (Lipinski definition) is 5. The van der Waals surface area contributed by atoms with Crippen molar-refractivity contribution in [2.75, 3.05) is 13.1 Å². The maximum absolute atomic E-state index is 10.3. The van der Waals surface area contributed by atoms with E-state index in [1.807, 2.05) is 47.3 Å². The first-order valence-electron chi connectivity index (χ1n) is 7.86. The highest BCUT2D eigenvalue weighted by atomic mass is 16.3. The third-order valence-electron chi connectivity index (χ3n) is 4.05. The first-order chi connectivity index (χ1) is 11.8. The predicted octanol–water partition coefficient (Wildman–Crippen LogP) is 2.41. The molecule has 3 heterocycles. The van der Waals surface area contributed by atoms with Gasteiger partial charge in [0.25, 0.3) is 0 Å². The Labute approximate surface area is 139 Å². The third-order valence-corrected chi connectivity index (χ3v) is 4.05. The van der Waals surface area contributed by atoms with E-state index < -0.39 is 0 Å². The highest BCUT2D eigenvalue weighted by Crippen LogP contribution is 2.29. The van der Waals surface area contributed by atoms with Crippen molar-refractivity contribution in [1.82, 2.24) is 25.1 Å². The van der Waals surface area contributed by atoms with Gasteiger partial charge in [-0.05, 0) is 43.3 Å². The topological polar surface area (TPSA) is 75.9 Å². The SMILES string of the molecule is Oc1cc(-n2cccc2)ccc1-c1cnc(/C=C2/CCNC2)nn1. The Morgan fingerprint density at radius 2 is 2.04 bits per heavy atom. The number of rotatable bonds is 3. The second-order valence-electron chi connectivity index (χ2n) is 5.72. The summed E-state index contributed by atoms with van der Waals surface area (Å²) in [5.74, 6) is 0.754. The normalized spacial score (nSPS) is 15.9. The lowest BCUT2D eigenvalue weighted by molar-refractivity contribution is 0.476. The van der Waals surface area contributed by atoms with Crippen molar-refractivity contribution >= 4 is 6.08 Å². The van der Waals surface area contributed by atoms with Crippen LogP contribution in [0.4, 0.5) is 0 Å². The van der Waals surface area contributed by atoms with Crippen LogP contribution in [-0.2, 0) is 0 Å². The molecule has 0 saturated carbocycles. The Morgan fingerprint density at radius 1 is 1.17 bits per heavy atom. The lowest BCUT2D eigenvalue weighted by atomic mass is 10.1. The van der Waals surface area contributed by atoms with Gasteiger partial charge in [0.15, 0.2) is 5.82 Å². The van der Waals surface area contributed by atoms with Crippen molar-refractivity contribution in [3.63, 3.8) is 0 Å². The van der Waals surface area contributed by atoms with Crippen LogP contribution in [0.1, 0.15) is 12.2 Å². The fourth-order valence-electron chi connectivity index (χ4n) is 2.77. The van der Waals surface area contributed by atoms with Gasteiger partial charge in [-0.3, -0.25) is 0 Å². The molecule has 3 aromatic rings. The van der Waals surface area contributed by atoms with Gasteiger partial charge in [-0.15, -0.1) is 10.2 Å². The quantitative estimate of drug-likeness (QED) is 0.775. The molecule has 120 valence electrons. The molecule has 0 spiro atoms. The summed E-state index contributed by atoms with van der Waals surface area (Å²) in [5.41, 5.74) is 3.34. The number of benzene rings is 1. The van der Waals surface area contributed by atoms with E-state index in [0.717, 1.165) is 25.2 Å². The van der Waals surface area contributed by atoms with Crippen LogP contribution in [-0.4, -0.2) is 37.9 Å². The van der Waals surface area contributed by atoms with Gasteiger partial charge in [0.2, 0.25) is 0 Å². The molecule has 4 rings (SSSR count). The van der Waals surface area contributed by atoms with Crippen LogP contribution in [0.2, 0.25) is 0 Å². The zero-order chi connectivity index (χ0) is 16.4. The summed E-state index contributed by atoms with van der Waals surface area (Å²) < 4.78 is 1.93. The van der Waals surface area contributed by atoms with Crippen molar-refractivity contribution in [2.24, 2.45) is 0 Å². The summed E-state index contributed by atoms with van der Waals surface area (Å²) in [6.07, 6.45) is 8.48. The molecule has 0 bridgehead atoms. The van der Waals surface area contributed by atoms with Gasteiger partial charge in [0.1, 0.15) is 11.4 Å². The predicted molar refractivity (Wildman–Crippen MR) is 91.7 cm³/mol. The smallest absolute Gasteiger partial charge is 0.174 e. The van der Waals surface area contributed by atoms with E-state index in [0.29, 0.717) is 17.1 Å². The van der Waals surface area contributed by atoms with Gasteiger partial charge in [0, 0.05) is 36.3 Å². The first kappa shape index (κ1) is 14.6. The number of nitrogens with one attached hydrogen (secondary N) is 1. The summed E-state index contributed by atoms with van der Waals surface area (Å²) >= 11 is 0. The largest absolute Gasteiger partial charge is 0.507 e. The van der Waals surface area contributed by atoms with Crippen molar-refractivity contribution in [2.45, 2.75) is 6.42 Å². The first-order valence-corrected chi connectivity index (χ1v) is 7.86. The number of aromatic nitrogens is 4. The second-order valence-corrected chi connectivity index (χ2v) is 5.72. The molecule has 1 aliphatic heterocycles. The van der Waals surface area contributed by atoms with Crippen LogP contribution < -0.4 is 5.32 Å². The van der Waals surface area contributed by atoms with Gasteiger partial charge < -0.3 is 15.0 Å². The van der Waals surface area contributed by atoms with Gasteiger partial charge in [-0.1, -0.05) is 5.57 Å². The highest BCUT2D eigenvalue weighted by molar-refractivity contribution is 5.68. The number of phenols is 1. The van der Waals surface area contributed by atoms with Gasteiger partial charge in [-0.25, -0.2) is 4.98 Å². The molecule has 0 atom stereocenters. The molecule has 1 aliphatic rings. The monoisotopic (exact) mass is 319 g/mol. The molecule has 0 aliphatic carbocycles. The molecule has 6 nitrogen and oxygen atoms in total. The Bertz CT molecular complexity index is 861. The minimum atomic E-state index is 0.156. The van der Waals surface area contributed by atoms with Crippen LogP contribution in [0.25, 0.3) is 23.0 Å². The molecule has 6 heteroatoms. The number of aromatic hydroxyl groups is 1. The standard InChI is InChI=1S/C18H17N5O/c24-17-10-14(23-7-1-2-8-23)3-4-15(17)16-12-20-18(22-21-16)9-13-5-6-19-11-13/h1-4,7-10,12,19,24H,5-6,11H2/b13-9-. The Balaban J connectivity index is 1.60. The van der Waals surface area contributed by atoms with Crippen molar-refractivity contribution < 1.29 is 5.11 Å². The minimum absolute atomic E-state index is 0.156. The lowest BCUT2D eigenvalue weighted by Crippen LogP contribution is -2.04. The number of phenolic OH excluding ortho intramolecular Hbond substituents is 1. The van der Waals surface area contributed by atoms with Crippen LogP contribution in [0.15, 0.2) is 54.5 Å². The summed E-state index contributed by atoms with van der Waals surface area (Å²) in [6, 6.07) is 9.34. The molecular weight excluding hydrogens is 302 g/mol. The second kappa shape index (κ2) is 6.25. The van der Waals surface area contributed by atoms with Gasteiger partial charge in [0.05, 0.1) is 6.20 Å². The summed E-state index contributed by atoms with van der Waals surface area (Å²) in [7, 11) is 0. The van der Waals surface area contributed by atoms with Crippen LogP contribution >= 0.6 is 0 Å². The van der Waals surface area contributed by atoms with Crippen molar-refractivity contribution in [3.8, 4) is 22.7 Å². The van der Waals surface area contributed by atoms with E-state index in [4.69, 9.17) is 0 Å². The van der Waals surface area contributed by atoms with E-state index in [2.05, 4.69) is 20.5 Å². The maximum atomic E-state index is 10.3. The van der Waals surface area contributed by atoms with Crippen LogP contribution in [0.5, 0.6) is 5.75 Å². The van der Waals surface area contributed by atoms with Crippen LogP contribution in [0, 0.1) is 0 Å². The molecule has 1 aromatic carbocycles. The molecule has 0 radical (unpaired) electrons. The molecule has 1 fully saturated rings. The molecule has 0 unspecified atom stereocenters. The summed E-state index contributed by atoms with van der Waals surface area (Å²) in [6.45, 7) is 1.88. The number of hydrogen-bond donors (Lipinski definition) is 2. The average Bonchev–Trinajstić information content (AvgIpc) is 3.29. The average molecular weight is 319 g/mol. The minimum Gasteiger partial charge on any atom is -0.507 e. The van der Waals surface area contributed by atoms with Gasteiger partial charge >= 0.3 is 0 Å². The van der Waals surface area contributed by atoms with Crippen molar-refractivity contribution in [1.29, 1.82) is 0 Å². The maximum Gasteiger partial charge on any atom is 0.174 e. The summed E-state index contributed by atoms with van der Waals surface area (Å²) in [4.78, 5) is 4.34. The zero-order valence-corrected chi connectivity index (χ0v) is 13.1. The Morgan fingerprint density at radius 3 is 2.71 bits per heavy atom. The fourth-order valence-corrected chi connectivity index (χ4v) is 2.77. The zero-order valence-electron chi connectivity index (χ0n) is 13.1. The molecule has 24 heavy (non-hydrogen) atoms. The van der Waals surface area contributed by atoms with E-state index in [9.17, 15) is 5.11 Å². The third kappa shape index (κ3) is 2.91. The van der Waals surface area contributed by atoms with E-state index in [-0.39, 0.29) is 5.75 Å². The lowest BCUT2D eigenvalue weighted by Gasteiger charge is -2.07. The van der Waals surface area contributed by atoms with Crippen LogP contribution in [0.3, 0.4) is 0 Å². The molecule has 0 amide bonds. The van der Waals surface area contributed by atoms with Crippen molar-refractivity contribution in [3.05, 3.63) is 60.3 Å². The van der Waals surface area contributed by atoms with E-state index >= 15 is 0 Å². The molecular formula is C18H17N5O. The molecule has 1 saturated heterocycles. The Hall–Kier alpha value is -2.99.